The van der Waals surface area contributed by atoms with Gasteiger partial charge in [-0.15, -0.1) is 0 Å². The summed E-state index contributed by atoms with van der Waals surface area (Å²) in [6.45, 7) is 7.15. The highest BCUT2D eigenvalue weighted by molar-refractivity contribution is 5.90. The average Bonchev–Trinajstić information content (AvgIpc) is 2.80. The number of methoxy groups -OCH3 is 1. The van der Waals surface area contributed by atoms with Crippen LogP contribution >= 0.6 is 0 Å². The minimum absolute atomic E-state index is 0.211. The first-order chi connectivity index (χ1) is 16.5. The number of benzene rings is 2. The Morgan fingerprint density at radius 3 is 2.17 bits per heavy atom. The zero-order valence-corrected chi connectivity index (χ0v) is 21.2. The lowest BCUT2D eigenvalue weighted by Crippen LogP contribution is -2.55. The van der Waals surface area contributed by atoms with Crippen molar-refractivity contribution < 1.29 is 23.9 Å². The molecule has 0 saturated heterocycles. The second-order valence-electron chi connectivity index (χ2n) is 9.45. The molecule has 35 heavy (non-hydrogen) atoms. The van der Waals surface area contributed by atoms with Gasteiger partial charge in [-0.3, -0.25) is 9.59 Å². The lowest BCUT2D eigenvalue weighted by Gasteiger charge is -2.32. The topological polar surface area (TPSA) is 111 Å². The zero-order valence-electron chi connectivity index (χ0n) is 21.2. The number of nitrogens with one attached hydrogen (secondary N) is 1. The molecule has 3 amide bonds. The number of hydrogen-bond acceptors (Lipinski definition) is 5. The summed E-state index contributed by atoms with van der Waals surface area (Å²) in [4.78, 5) is 39.7. The molecule has 2 aromatic carbocycles. The number of nitrogens with zero attached hydrogens (tertiary/aromatic N) is 1. The van der Waals surface area contributed by atoms with Gasteiger partial charge in [0.05, 0.1) is 7.11 Å². The van der Waals surface area contributed by atoms with Crippen LogP contribution in [-0.2, 0) is 27.2 Å². The molecule has 8 heteroatoms. The number of aryl methyl sites for hydroxylation is 1. The maximum atomic E-state index is 13.7. The number of hydrogen-bond donors (Lipinski definition) is 2. The fourth-order valence-electron chi connectivity index (χ4n) is 3.59. The van der Waals surface area contributed by atoms with E-state index in [4.69, 9.17) is 15.2 Å². The summed E-state index contributed by atoms with van der Waals surface area (Å²) in [5, 5.41) is 2.70. The smallest absolute Gasteiger partial charge is 0.408 e. The number of alkyl carbamates (subject to hydrolysis) is 1. The fraction of sp³-hybridized carbons (Fsp3) is 0.444. The van der Waals surface area contributed by atoms with Gasteiger partial charge in [0.1, 0.15) is 23.4 Å². The van der Waals surface area contributed by atoms with Gasteiger partial charge in [-0.25, -0.2) is 4.79 Å². The van der Waals surface area contributed by atoms with Crippen molar-refractivity contribution in [3.63, 3.8) is 0 Å². The Balaban J connectivity index is 2.24. The highest BCUT2D eigenvalue weighted by atomic mass is 16.6. The standard InChI is InChI=1S/C27H37N3O5/c1-19(24(28)31)30(17-9-12-20-10-7-6-8-11-20)25(32)23(29-26(33)35-27(2,3)4)18-21-13-15-22(34-5)16-14-21/h6-8,10-11,13-16,19,23H,9,12,17-18H2,1-5H3,(H2,28,31)(H,29,33)/t19-,23+/m1/s1. The minimum Gasteiger partial charge on any atom is -0.497 e. The Kier molecular flexibility index (Phi) is 10.1. The summed E-state index contributed by atoms with van der Waals surface area (Å²) >= 11 is 0. The van der Waals surface area contributed by atoms with Crippen molar-refractivity contribution in [3.05, 3.63) is 65.7 Å². The molecule has 3 N–H and O–H groups in total. The maximum Gasteiger partial charge on any atom is 0.408 e. The van der Waals surface area contributed by atoms with Crippen LogP contribution in [0.3, 0.4) is 0 Å². The normalized spacial score (nSPS) is 12.8. The van der Waals surface area contributed by atoms with Gasteiger partial charge in [0.15, 0.2) is 0 Å². The van der Waals surface area contributed by atoms with Crippen LogP contribution in [0, 0.1) is 0 Å². The quantitative estimate of drug-likeness (QED) is 0.508. The van der Waals surface area contributed by atoms with E-state index >= 15 is 0 Å². The summed E-state index contributed by atoms with van der Waals surface area (Å²) in [7, 11) is 1.57. The van der Waals surface area contributed by atoms with Gasteiger partial charge in [-0.05, 0) is 63.8 Å². The molecule has 0 unspecified atom stereocenters. The van der Waals surface area contributed by atoms with Crippen LogP contribution in [0.4, 0.5) is 4.79 Å². The maximum absolute atomic E-state index is 13.7. The van der Waals surface area contributed by atoms with Crippen molar-refractivity contribution >= 4 is 17.9 Å². The Morgan fingerprint density at radius 2 is 1.63 bits per heavy atom. The molecule has 0 fully saturated rings. The van der Waals surface area contributed by atoms with Crippen LogP contribution in [-0.4, -0.2) is 54.1 Å². The molecule has 8 nitrogen and oxygen atoms in total. The molecule has 0 aliphatic rings. The van der Waals surface area contributed by atoms with Crippen molar-refractivity contribution in [2.24, 2.45) is 5.73 Å². The van der Waals surface area contributed by atoms with Gasteiger partial charge in [0.2, 0.25) is 11.8 Å². The van der Waals surface area contributed by atoms with Crippen molar-refractivity contribution in [1.82, 2.24) is 10.2 Å². The number of nitrogens with two attached hydrogens (primary N) is 1. The lowest BCUT2D eigenvalue weighted by molar-refractivity contribution is -0.140. The monoisotopic (exact) mass is 483 g/mol. The first-order valence-corrected chi connectivity index (χ1v) is 11.8. The lowest BCUT2D eigenvalue weighted by atomic mass is 10.0. The van der Waals surface area contributed by atoms with Gasteiger partial charge in [-0.1, -0.05) is 42.5 Å². The Morgan fingerprint density at radius 1 is 1.00 bits per heavy atom. The number of amides is 3. The number of primary amides is 1. The zero-order chi connectivity index (χ0) is 26.0. The third-order valence-electron chi connectivity index (χ3n) is 5.46. The third kappa shape index (κ3) is 9.31. The predicted molar refractivity (Wildman–Crippen MR) is 135 cm³/mol. The van der Waals surface area contributed by atoms with Gasteiger partial charge >= 0.3 is 6.09 Å². The fourth-order valence-corrected chi connectivity index (χ4v) is 3.59. The summed E-state index contributed by atoms with van der Waals surface area (Å²) < 4.78 is 10.6. The Labute approximate surface area is 207 Å². The van der Waals surface area contributed by atoms with Crippen LogP contribution in [0.5, 0.6) is 5.75 Å². The second-order valence-corrected chi connectivity index (χ2v) is 9.45. The highest BCUT2D eigenvalue weighted by Gasteiger charge is 2.32. The van der Waals surface area contributed by atoms with Crippen LogP contribution in [0.2, 0.25) is 0 Å². The molecule has 0 bridgehead atoms. The third-order valence-corrected chi connectivity index (χ3v) is 5.46. The average molecular weight is 484 g/mol. The number of ether oxygens (including phenoxy) is 2. The summed E-state index contributed by atoms with van der Waals surface area (Å²) in [5.74, 6) is -0.328. The molecular formula is C27H37N3O5. The van der Waals surface area contributed by atoms with E-state index in [0.717, 1.165) is 17.5 Å². The molecule has 0 radical (unpaired) electrons. The minimum atomic E-state index is -0.947. The van der Waals surface area contributed by atoms with E-state index in [1.165, 1.54) is 4.90 Å². The van der Waals surface area contributed by atoms with E-state index < -0.39 is 35.6 Å². The van der Waals surface area contributed by atoms with Gasteiger partial charge in [0, 0.05) is 13.0 Å². The van der Waals surface area contributed by atoms with Gasteiger partial charge in [-0.2, -0.15) is 0 Å². The molecule has 0 heterocycles. The van der Waals surface area contributed by atoms with Crippen molar-refractivity contribution in [2.45, 2.75) is 64.6 Å². The molecule has 0 spiro atoms. The van der Waals surface area contributed by atoms with Crippen molar-refractivity contribution in [3.8, 4) is 5.75 Å². The summed E-state index contributed by atoms with van der Waals surface area (Å²) in [6.07, 6.45) is 0.872. The number of carbonyl (C=O) groups excluding carboxylic acids is 3. The van der Waals surface area contributed by atoms with Crippen LogP contribution < -0.4 is 15.8 Å². The van der Waals surface area contributed by atoms with E-state index in [0.29, 0.717) is 18.7 Å². The molecular weight excluding hydrogens is 446 g/mol. The van der Waals surface area contributed by atoms with E-state index in [9.17, 15) is 14.4 Å². The highest BCUT2D eigenvalue weighted by Crippen LogP contribution is 2.16. The predicted octanol–water partition coefficient (Wildman–Crippen LogP) is 3.47. The first kappa shape index (κ1) is 27.7. The SMILES string of the molecule is COc1ccc(C[C@H](NC(=O)OC(C)(C)C)C(=O)N(CCCc2ccccc2)[C@H](C)C(N)=O)cc1. The van der Waals surface area contributed by atoms with E-state index in [1.54, 1.807) is 46.9 Å². The molecule has 0 aliphatic carbocycles. The largest absolute Gasteiger partial charge is 0.497 e. The molecule has 2 rings (SSSR count). The Hall–Kier alpha value is -3.55. The van der Waals surface area contributed by atoms with E-state index in [1.807, 2.05) is 42.5 Å². The van der Waals surface area contributed by atoms with Gasteiger partial charge < -0.3 is 25.4 Å². The van der Waals surface area contributed by atoms with Crippen molar-refractivity contribution in [1.29, 1.82) is 0 Å². The molecule has 2 aromatic rings. The van der Waals surface area contributed by atoms with Crippen LogP contribution in [0.1, 0.15) is 45.2 Å². The molecule has 0 aliphatic heterocycles. The van der Waals surface area contributed by atoms with Gasteiger partial charge in [0.25, 0.3) is 0 Å². The summed E-state index contributed by atoms with van der Waals surface area (Å²) in [5.41, 5.74) is 6.79. The van der Waals surface area contributed by atoms with E-state index in [2.05, 4.69) is 5.32 Å². The Bertz CT molecular complexity index is 971. The molecule has 0 saturated carbocycles. The molecule has 0 aromatic heterocycles. The van der Waals surface area contributed by atoms with E-state index in [-0.39, 0.29) is 6.42 Å². The first-order valence-electron chi connectivity index (χ1n) is 11.8. The summed E-state index contributed by atoms with van der Waals surface area (Å²) in [6, 6.07) is 15.3. The van der Waals surface area contributed by atoms with Crippen LogP contribution in [0.25, 0.3) is 0 Å². The molecule has 2 atom stereocenters. The second kappa shape index (κ2) is 12.8. The molecule has 190 valence electrons. The number of carbonyl (C=O) groups is 3. The van der Waals surface area contributed by atoms with Crippen LogP contribution in [0.15, 0.2) is 54.6 Å². The van der Waals surface area contributed by atoms with Crippen molar-refractivity contribution in [2.75, 3.05) is 13.7 Å². The number of rotatable bonds is 11.